The van der Waals surface area contributed by atoms with Crippen LogP contribution in [-0.2, 0) is 12.0 Å². The Bertz CT molecular complexity index is 672. The molecule has 0 radical (unpaired) electrons. The van der Waals surface area contributed by atoms with Crippen molar-refractivity contribution in [3.63, 3.8) is 0 Å². The molecule has 4 heteroatoms. The van der Waals surface area contributed by atoms with E-state index in [1.54, 1.807) is 12.1 Å². The molecule has 0 saturated heterocycles. The largest absolute Gasteiger partial charge is 0.348 e. The molecule has 2 rings (SSSR count). The Balaban J connectivity index is 2.03. The summed E-state index contributed by atoms with van der Waals surface area (Å²) in [7, 11) is 0. The lowest BCUT2D eigenvalue weighted by molar-refractivity contribution is 0.0951. The van der Waals surface area contributed by atoms with E-state index in [0.717, 1.165) is 5.56 Å². The van der Waals surface area contributed by atoms with Crippen molar-refractivity contribution in [3.05, 3.63) is 69.2 Å². The molecule has 2 aromatic rings. The van der Waals surface area contributed by atoms with Crippen molar-refractivity contribution in [1.29, 1.82) is 0 Å². The predicted molar refractivity (Wildman–Crippen MR) is 92.8 cm³/mol. The number of carbonyl (C=O) groups is 1. The lowest BCUT2D eigenvalue weighted by Crippen LogP contribution is -2.23. The number of halogens is 2. The van der Waals surface area contributed by atoms with Crippen LogP contribution in [0.15, 0.2) is 42.5 Å². The monoisotopic (exact) mass is 335 g/mol. The smallest absolute Gasteiger partial charge is 0.251 e. The third-order valence-electron chi connectivity index (χ3n) is 3.47. The fraction of sp³-hybridized carbons (Fsp3) is 0.278. The van der Waals surface area contributed by atoms with Crippen LogP contribution in [0.4, 0.5) is 0 Å². The highest BCUT2D eigenvalue weighted by atomic mass is 35.5. The fourth-order valence-corrected chi connectivity index (χ4v) is 2.54. The highest BCUT2D eigenvalue weighted by Gasteiger charge is 2.14. The van der Waals surface area contributed by atoms with Gasteiger partial charge in [0.15, 0.2) is 0 Å². The highest BCUT2D eigenvalue weighted by Crippen LogP contribution is 2.23. The van der Waals surface area contributed by atoms with Gasteiger partial charge in [-0.05, 0) is 40.8 Å². The van der Waals surface area contributed by atoms with Crippen LogP contribution in [0.3, 0.4) is 0 Å². The second-order valence-corrected chi connectivity index (χ2v) is 7.09. The normalized spacial score (nSPS) is 11.3. The topological polar surface area (TPSA) is 29.1 Å². The van der Waals surface area contributed by atoms with Crippen molar-refractivity contribution in [2.24, 2.45) is 0 Å². The van der Waals surface area contributed by atoms with E-state index in [9.17, 15) is 4.79 Å². The van der Waals surface area contributed by atoms with Crippen LogP contribution in [0.25, 0.3) is 0 Å². The van der Waals surface area contributed by atoms with Gasteiger partial charge in [-0.3, -0.25) is 4.79 Å². The molecular weight excluding hydrogens is 317 g/mol. The summed E-state index contributed by atoms with van der Waals surface area (Å²) in [5.74, 6) is -0.119. The Morgan fingerprint density at radius 1 is 1.05 bits per heavy atom. The average Bonchev–Trinajstić information content (AvgIpc) is 2.45. The van der Waals surface area contributed by atoms with E-state index in [0.29, 0.717) is 22.2 Å². The summed E-state index contributed by atoms with van der Waals surface area (Å²) in [6.07, 6.45) is 0. The molecule has 0 bridgehead atoms. The van der Waals surface area contributed by atoms with Crippen LogP contribution in [-0.4, -0.2) is 5.91 Å². The van der Waals surface area contributed by atoms with E-state index in [1.807, 2.05) is 30.3 Å². The minimum Gasteiger partial charge on any atom is -0.348 e. The first-order chi connectivity index (χ1) is 10.3. The van der Waals surface area contributed by atoms with Crippen LogP contribution >= 0.6 is 23.2 Å². The molecule has 22 heavy (non-hydrogen) atoms. The minimum absolute atomic E-state index is 0.0752. The summed E-state index contributed by atoms with van der Waals surface area (Å²) in [6, 6.07) is 12.9. The van der Waals surface area contributed by atoms with E-state index >= 15 is 0 Å². The zero-order valence-electron chi connectivity index (χ0n) is 12.9. The molecule has 0 aromatic heterocycles. The van der Waals surface area contributed by atoms with Gasteiger partial charge in [0.1, 0.15) is 0 Å². The molecule has 0 spiro atoms. The molecule has 0 heterocycles. The van der Waals surface area contributed by atoms with Crippen molar-refractivity contribution >= 4 is 29.1 Å². The molecule has 0 unspecified atom stereocenters. The lowest BCUT2D eigenvalue weighted by atomic mass is 9.87. The molecular formula is C18H19Cl2NO. The second-order valence-electron chi connectivity index (χ2n) is 6.25. The molecule has 0 fully saturated rings. The van der Waals surface area contributed by atoms with Gasteiger partial charge in [-0.15, -0.1) is 0 Å². The molecule has 0 aliphatic carbocycles. The highest BCUT2D eigenvalue weighted by molar-refractivity contribution is 6.35. The molecule has 2 nitrogen and oxygen atoms in total. The third-order valence-corrected chi connectivity index (χ3v) is 4.05. The first-order valence-corrected chi connectivity index (χ1v) is 7.85. The van der Waals surface area contributed by atoms with Crippen molar-refractivity contribution in [2.75, 3.05) is 0 Å². The molecule has 0 aliphatic rings. The quantitative estimate of drug-likeness (QED) is 0.818. The molecule has 2 aromatic carbocycles. The summed E-state index contributed by atoms with van der Waals surface area (Å²) in [5, 5.41) is 4.00. The molecule has 1 amide bonds. The summed E-state index contributed by atoms with van der Waals surface area (Å²) in [6.45, 7) is 6.80. The summed E-state index contributed by atoms with van der Waals surface area (Å²) in [5.41, 5.74) is 2.75. The van der Waals surface area contributed by atoms with Crippen molar-refractivity contribution in [3.8, 4) is 0 Å². The number of nitrogens with one attached hydrogen (secondary N) is 1. The van der Waals surface area contributed by atoms with Gasteiger partial charge in [0.2, 0.25) is 0 Å². The first kappa shape index (κ1) is 16.9. The number of rotatable bonds is 3. The van der Waals surface area contributed by atoms with Gasteiger partial charge in [0.05, 0.1) is 0 Å². The van der Waals surface area contributed by atoms with E-state index < -0.39 is 0 Å². The van der Waals surface area contributed by atoms with E-state index in [4.69, 9.17) is 23.2 Å². The van der Waals surface area contributed by atoms with E-state index in [2.05, 4.69) is 26.1 Å². The van der Waals surface area contributed by atoms with Crippen LogP contribution < -0.4 is 5.32 Å². The van der Waals surface area contributed by atoms with Crippen molar-refractivity contribution in [2.45, 2.75) is 32.7 Å². The first-order valence-electron chi connectivity index (χ1n) is 7.10. The van der Waals surface area contributed by atoms with Gasteiger partial charge in [-0.1, -0.05) is 62.2 Å². The van der Waals surface area contributed by atoms with Crippen LogP contribution in [0.1, 0.15) is 42.3 Å². The number of hydrogen-bond acceptors (Lipinski definition) is 1. The Morgan fingerprint density at radius 2 is 1.68 bits per heavy atom. The van der Waals surface area contributed by atoms with Crippen molar-refractivity contribution < 1.29 is 4.79 Å². The van der Waals surface area contributed by atoms with Gasteiger partial charge in [0.25, 0.3) is 5.91 Å². The Morgan fingerprint density at radius 3 is 2.23 bits per heavy atom. The number of benzene rings is 2. The minimum atomic E-state index is -0.119. The van der Waals surface area contributed by atoms with Crippen molar-refractivity contribution in [1.82, 2.24) is 5.32 Å². The van der Waals surface area contributed by atoms with Gasteiger partial charge < -0.3 is 5.32 Å². The van der Waals surface area contributed by atoms with Crippen LogP contribution in [0.5, 0.6) is 0 Å². The maximum absolute atomic E-state index is 12.2. The van der Waals surface area contributed by atoms with Crippen LogP contribution in [0.2, 0.25) is 10.0 Å². The molecule has 1 N–H and O–H groups in total. The standard InChI is InChI=1S/C18H19Cl2NO/c1-18(2,3)14-7-4-12(5-8-14)17(22)21-11-13-6-9-15(19)10-16(13)20/h4-10H,11H2,1-3H3,(H,21,22). The second kappa shape index (κ2) is 6.72. The molecule has 0 saturated carbocycles. The fourth-order valence-electron chi connectivity index (χ4n) is 2.06. The van der Waals surface area contributed by atoms with Gasteiger partial charge in [-0.25, -0.2) is 0 Å². The Labute approximate surface area is 141 Å². The SMILES string of the molecule is CC(C)(C)c1ccc(C(=O)NCc2ccc(Cl)cc2Cl)cc1. The molecule has 0 aliphatic heterocycles. The number of hydrogen-bond donors (Lipinski definition) is 1. The summed E-state index contributed by atoms with van der Waals surface area (Å²) < 4.78 is 0. The van der Waals surface area contributed by atoms with E-state index in [-0.39, 0.29) is 11.3 Å². The summed E-state index contributed by atoms with van der Waals surface area (Å²) in [4.78, 5) is 12.2. The predicted octanol–water partition coefficient (Wildman–Crippen LogP) is 5.22. The summed E-state index contributed by atoms with van der Waals surface area (Å²) >= 11 is 11.9. The Hall–Kier alpha value is -1.51. The van der Waals surface area contributed by atoms with E-state index in [1.165, 1.54) is 5.56 Å². The average molecular weight is 336 g/mol. The number of carbonyl (C=O) groups excluding carboxylic acids is 1. The maximum atomic E-state index is 12.2. The maximum Gasteiger partial charge on any atom is 0.251 e. The lowest BCUT2D eigenvalue weighted by Gasteiger charge is -2.19. The molecule has 0 atom stereocenters. The van der Waals surface area contributed by atoms with Gasteiger partial charge >= 0.3 is 0 Å². The van der Waals surface area contributed by atoms with Gasteiger partial charge in [0, 0.05) is 22.2 Å². The zero-order valence-corrected chi connectivity index (χ0v) is 14.4. The number of amides is 1. The zero-order chi connectivity index (χ0) is 16.3. The van der Waals surface area contributed by atoms with Crippen LogP contribution in [0, 0.1) is 0 Å². The molecule has 116 valence electrons. The Kier molecular flexibility index (Phi) is 5.15. The van der Waals surface area contributed by atoms with Gasteiger partial charge in [-0.2, -0.15) is 0 Å². The third kappa shape index (κ3) is 4.25.